The Morgan fingerprint density at radius 3 is 2.74 bits per heavy atom. The average molecular weight is 255 g/mol. The molecule has 3 N–H and O–H groups in total. The molecular formula is C14H13N3O2. The molecule has 0 bridgehead atoms. The maximum absolute atomic E-state index is 9.59. The van der Waals surface area contributed by atoms with Crippen LogP contribution < -0.4 is 10.5 Å². The minimum absolute atomic E-state index is 0.0449. The van der Waals surface area contributed by atoms with Crippen LogP contribution in [-0.4, -0.2) is 17.2 Å². The first-order valence-electron chi connectivity index (χ1n) is 5.61. The lowest BCUT2D eigenvalue weighted by molar-refractivity contribution is 0.373. The Labute approximate surface area is 110 Å². The van der Waals surface area contributed by atoms with E-state index >= 15 is 0 Å². The van der Waals surface area contributed by atoms with Crippen molar-refractivity contribution in [3.05, 3.63) is 35.5 Å². The molecule has 96 valence electrons. The van der Waals surface area contributed by atoms with Crippen LogP contribution in [0.2, 0.25) is 0 Å². The van der Waals surface area contributed by atoms with Gasteiger partial charge < -0.3 is 15.6 Å². The van der Waals surface area contributed by atoms with Crippen molar-refractivity contribution in [2.45, 2.75) is 6.92 Å². The number of nitrogen functional groups attached to an aromatic ring is 1. The summed E-state index contributed by atoms with van der Waals surface area (Å²) in [5.41, 5.74) is 8.21. The molecule has 5 nitrogen and oxygen atoms in total. The Morgan fingerprint density at radius 2 is 2.11 bits per heavy atom. The summed E-state index contributed by atoms with van der Waals surface area (Å²) in [5.74, 6) is 0.586. The summed E-state index contributed by atoms with van der Waals surface area (Å²) >= 11 is 0. The van der Waals surface area contributed by atoms with Gasteiger partial charge in [0.05, 0.1) is 7.11 Å². The highest BCUT2D eigenvalue weighted by Crippen LogP contribution is 2.34. The van der Waals surface area contributed by atoms with Crippen molar-refractivity contribution in [2.24, 2.45) is 0 Å². The molecule has 1 aromatic carbocycles. The van der Waals surface area contributed by atoms with Crippen LogP contribution in [0.4, 0.5) is 5.82 Å². The van der Waals surface area contributed by atoms with Crippen LogP contribution in [0.25, 0.3) is 11.1 Å². The number of phenols is 1. The highest BCUT2D eigenvalue weighted by Gasteiger charge is 2.12. The SMILES string of the molecule is COc1cc(-c2cc(C)nc(N)c2C#N)ccc1O. The number of ether oxygens (including phenoxy) is 1. The number of nitrogens with zero attached hydrogens (tertiary/aromatic N) is 2. The predicted octanol–water partition coefficient (Wildman–Crippen LogP) is 2.23. The fourth-order valence-corrected chi connectivity index (χ4v) is 1.89. The number of anilines is 1. The summed E-state index contributed by atoms with van der Waals surface area (Å²) in [6.45, 7) is 1.80. The highest BCUT2D eigenvalue weighted by atomic mass is 16.5. The molecule has 0 aliphatic rings. The molecule has 19 heavy (non-hydrogen) atoms. The summed E-state index contributed by atoms with van der Waals surface area (Å²) < 4.78 is 5.06. The zero-order chi connectivity index (χ0) is 14.0. The predicted molar refractivity (Wildman–Crippen MR) is 71.8 cm³/mol. The number of nitrogens with two attached hydrogens (primary N) is 1. The lowest BCUT2D eigenvalue weighted by Gasteiger charge is -2.10. The molecule has 2 rings (SSSR count). The Balaban J connectivity index is 2.68. The summed E-state index contributed by atoms with van der Waals surface area (Å²) in [6, 6.07) is 8.70. The van der Waals surface area contributed by atoms with Crippen molar-refractivity contribution in [3.8, 4) is 28.7 Å². The molecule has 5 heteroatoms. The number of nitriles is 1. The first kappa shape index (κ1) is 12.7. The molecule has 0 amide bonds. The molecule has 0 aliphatic carbocycles. The van der Waals surface area contributed by atoms with E-state index in [0.717, 1.165) is 11.3 Å². The lowest BCUT2D eigenvalue weighted by atomic mass is 10.00. The summed E-state index contributed by atoms with van der Waals surface area (Å²) in [4.78, 5) is 4.07. The van der Waals surface area contributed by atoms with Crippen LogP contribution in [-0.2, 0) is 0 Å². The molecule has 0 radical (unpaired) electrons. The van der Waals surface area contributed by atoms with Gasteiger partial charge in [-0.15, -0.1) is 0 Å². The van der Waals surface area contributed by atoms with E-state index in [0.29, 0.717) is 16.9 Å². The molecule has 0 atom stereocenters. The quantitative estimate of drug-likeness (QED) is 0.858. The van der Waals surface area contributed by atoms with E-state index < -0.39 is 0 Å². The number of phenolic OH excluding ortho intramolecular Hbond substituents is 1. The van der Waals surface area contributed by atoms with Crippen molar-refractivity contribution in [1.29, 1.82) is 5.26 Å². The first-order valence-corrected chi connectivity index (χ1v) is 5.61. The van der Waals surface area contributed by atoms with Crippen molar-refractivity contribution in [2.75, 3.05) is 12.8 Å². The van der Waals surface area contributed by atoms with Gasteiger partial charge in [0.2, 0.25) is 0 Å². The van der Waals surface area contributed by atoms with Crippen LogP contribution in [0.3, 0.4) is 0 Å². The Bertz CT molecular complexity index is 675. The second kappa shape index (κ2) is 4.86. The number of aryl methyl sites for hydroxylation is 1. The summed E-state index contributed by atoms with van der Waals surface area (Å²) in [5, 5.41) is 18.8. The van der Waals surface area contributed by atoms with Crippen LogP contribution in [0, 0.1) is 18.3 Å². The molecule has 0 unspecified atom stereocenters. The average Bonchev–Trinajstić information content (AvgIpc) is 2.38. The van der Waals surface area contributed by atoms with Crippen molar-refractivity contribution in [3.63, 3.8) is 0 Å². The van der Waals surface area contributed by atoms with Crippen molar-refractivity contribution >= 4 is 5.82 Å². The number of benzene rings is 1. The minimum atomic E-state index is 0.0449. The van der Waals surface area contributed by atoms with E-state index in [-0.39, 0.29) is 11.6 Å². The van der Waals surface area contributed by atoms with Crippen LogP contribution in [0.1, 0.15) is 11.3 Å². The largest absolute Gasteiger partial charge is 0.504 e. The summed E-state index contributed by atoms with van der Waals surface area (Å²) in [6.07, 6.45) is 0. The lowest BCUT2D eigenvalue weighted by Crippen LogP contribution is -1.99. The standard InChI is InChI=1S/C14H13N3O2/c1-8-5-10(11(7-15)14(16)17-8)9-3-4-12(18)13(6-9)19-2/h3-6,18H,1-2H3,(H2,16,17). The van der Waals surface area contributed by atoms with E-state index in [2.05, 4.69) is 11.1 Å². The Hall–Kier alpha value is -2.74. The number of rotatable bonds is 2. The molecule has 2 aromatic rings. The van der Waals surface area contributed by atoms with Crippen LogP contribution in [0.15, 0.2) is 24.3 Å². The van der Waals surface area contributed by atoms with Gasteiger partial charge >= 0.3 is 0 Å². The minimum Gasteiger partial charge on any atom is -0.504 e. The number of hydrogen-bond acceptors (Lipinski definition) is 5. The highest BCUT2D eigenvalue weighted by molar-refractivity contribution is 5.77. The Kier molecular flexibility index (Phi) is 3.25. The van der Waals surface area contributed by atoms with Gasteiger partial charge in [-0.3, -0.25) is 0 Å². The third kappa shape index (κ3) is 2.29. The topological polar surface area (TPSA) is 92.2 Å². The van der Waals surface area contributed by atoms with E-state index in [9.17, 15) is 10.4 Å². The zero-order valence-corrected chi connectivity index (χ0v) is 10.6. The molecule has 0 saturated heterocycles. The van der Waals surface area contributed by atoms with Gasteiger partial charge in [0, 0.05) is 11.3 Å². The third-order valence-corrected chi connectivity index (χ3v) is 2.78. The van der Waals surface area contributed by atoms with E-state index in [1.807, 2.05) is 0 Å². The van der Waals surface area contributed by atoms with Gasteiger partial charge in [-0.05, 0) is 30.7 Å². The molecule has 1 aromatic heterocycles. The molecule has 0 fully saturated rings. The van der Waals surface area contributed by atoms with E-state index in [1.165, 1.54) is 13.2 Å². The molecule has 1 heterocycles. The molecule has 0 aliphatic heterocycles. The normalized spacial score (nSPS) is 9.95. The number of methoxy groups -OCH3 is 1. The smallest absolute Gasteiger partial charge is 0.161 e. The molecule has 0 saturated carbocycles. The van der Waals surface area contributed by atoms with Gasteiger partial charge in [-0.25, -0.2) is 4.98 Å². The Morgan fingerprint density at radius 1 is 1.37 bits per heavy atom. The first-order chi connectivity index (χ1) is 9.06. The number of aromatic hydroxyl groups is 1. The maximum atomic E-state index is 9.59. The van der Waals surface area contributed by atoms with Gasteiger partial charge in [0.15, 0.2) is 11.5 Å². The van der Waals surface area contributed by atoms with Gasteiger partial charge in [0.25, 0.3) is 0 Å². The second-order valence-electron chi connectivity index (χ2n) is 4.07. The summed E-state index contributed by atoms with van der Waals surface area (Å²) in [7, 11) is 1.47. The fourth-order valence-electron chi connectivity index (χ4n) is 1.89. The molecular weight excluding hydrogens is 242 g/mol. The van der Waals surface area contributed by atoms with Crippen LogP contribution in [0.5, 0.6) is 11.5 Å². The number of pyridine rings is 1. The van der Waals surface area contributed by atoms with Gasteiger partial charge in [-0.1, -0.05) is 6.07 Å². The number of hydrogen-bond donors (Lipinski definition) is 2. The van der Waals surface area contributed by atoms with E-state index in [4.69, 9.17) is 10.5 Å². The fraction of sp³-hybridized carbons (Fsp3) is 0.143. The zero-order valence-electron chi connectivity index (χ0n) is 10.6. The third-order valence-electron chi connectivity index (χ3n) is 2.78. The van der Waals surface area contributed by atoms with Crippen molar-refractivity contribution < 1.29 is 9.84 Å². The van der Waals surface area contributed by atoms with Crippen LogP contribution >= 0.6 is 0 Å². The maximum Gasteiger partial charge on any atom is 0.161 e. The monoisotopic (exact) mass is 255 g/mol. The van der Waals surface area contributed by atoms with E-state index in [1.54, 1.807) is 25.1 Å². The second-order valence-corrected chi connectivity index (χ2v) is 4.07. The number of aromatic nitrogens is 1. The van der Waals surface area contributed by atoms with Crippen molar-refractivity contribution in [1.82, 2.24) is 4.98 Å². The van der Waals surface area contributed by atoms with Gasteiger partial charge in [-0.2, -0.15) is 5.26 Å². The molecule has 0 spiro atoms. The van der Waals surface area contributed by atoms with Gasteiger partial charge in [0.1, 0.15) is 17.5 Å².